The Hall–Kier alpha value is -1.12. The van der Waals surface area contributed by atoms with E-state index in [4.69, 9.17) is 0 Å². The third kappa shape index (κ3) is 3.96. The molecule has 0 aromatic heterocycles. The molecule has 0 saturated carbocycles. The van der Waals surface area contributed by atoms with E-state index in [1.54, 1.807) is 0 Å². The highest BCUT2D eigenvalue weighted by Crippen LogP contribution is 2.27. The number of hydrogen-bond donors (Lipinski definition) is 1. The zero-order valence-electron chi connectivity index (χ0n) is 13.3. The second kappa shape index (κ2) is 7.24. The van der Waals surface area contributed by atoms with Crippen molar-refractivity contribution in [1.82, 2.24) is 5.32 Å². The van der Waals surface area contributed by atoms with Crippen LogP contribution in [-0.2, 0) is 6.42 Å². The van der Waals surface area contributed by atoms with Gasteiger partial charge < -0.3 is 5.32 Å². The summed E-state index contributed by atoms with van der Waals surface area (Å²) in [6, 6.07) is 13.5. The van der Waals surface area contributed by atoms with E-state index in [-0.39, 0.29) is 0 Å². The Bertz CT molecular complexity index is 619. The van der Waals surface area contributed by atoms with Gasteiger partial charge >= 0.3 is 0 Å². The van der Waals surface area contributed by atoms with Crippen LogP contribution in [0.2, 0.25) is 0 Å². The predicted molar refractivity (Wildman–Crippen MR) is 94.9 cm³/mol. The average molecular weight is 346 g/mol. The van der Waals surface area contributed by atoms with Gasteiger partial charge in [-0.25, -0.2) is 0 Å². The molecule has 21 heavy (non-hydrogen) atoms. The Morgan fingerprint density at radius 2 is 1.67 bits per heavy atom. The highest BCUT2D eigenvalue weighted by Gasteiger charge is 2.15. The maximum atomic E-state index is 3.67. The average Bonchev–Trinajstić information content (AvgIpc) is 2.45. The molecule has 2 rings (SSSR count). The monoisotopic (exact) mass is 345 g/mol. The second-order valence-corrected chi connectivity index (χ2v) is 6.55. The first-order valence-corrected chi connectivity index (χ1v) is 8.36. The summed E-state index contributed by atoms with van der Waals surface area (Å²) in [6.07, 6.45) is 0.999. The summed E-state index contributed by atoms with van der Waals surface area (Å²) in [5.74, 6) is 0. The van der Waals surface area contributed by atoms with Gasteiger partial charge in [0, 0.05) is 10.5 Å². The molecule has 2 heteroatoms. The molecule has 0 aliphatic rings. The van der Waals surface area contributed by atoms with Crippen LogP contribution >= 0.6 is 15.9 Å². The van der Waals surface area contributed by atoms with Gasteiger partial charge in [0.05, 0.1) is 0 Å². The van der Waals surface area contributed by atoms with Gasteiger partial charge in [-0.2, -0.15) is 0 Å². The van der Waals surface area contributed by atoms with Gasteiger partial charge in [0.1, 0.15) is 0 Å². The first kappa shape index (κ1) is 16.3. The third-order valence-electron chi connectivity index (χ3n) is 4.09. The SMILES string of the molecule is CCNC(Cc1ccccc1Br)c1cc(C)c(C)cc1C. The predicted octanol–water partition coefficient (Wildman–Crippen LogP) is 5.27. The molecule has 0 heterocycles. The molecule has 112 valence electrons. The Labute approximate surface area is 136 Å². The lowest BCUT2D eigenvalue weighted by Gasteiger charge is -2.22. The normalized spacial score (nSPS) is 12.4. The van der Waals surface area contributed by atoms with Gasteiger partial charge in [-0.1, -0.05) is 53.2 Å². The molecular weight excluding hydrogens is 322 g/mol. The van der Waals surface area contributed by atoms with Crippen LogP contribution in [0.5, 0.6) is 0 Å². The quantitative estimate of drug-likeness (QED) is 0.778. The molecule has 0 saturated heterocycles. The summed E-state index contributed by atoms with van der Waals surface area (Å²) >= 11 is 3.67. The van der Waals surface area contributed by atoms with Gasteiger partial charge in [0.2, 0.25) is 0 Å². The minimum Gasteiger partial charge on any atom is -0.310 e. The molecule has 1 N–H and O–H groups in total. The van der Waals surface area contributed by atoms with Crippen LogP contribution in [-0.4, -0.2) is 6.54 Å². The van der Waals surface area contributed by atoms with Crippen LogP contribution in [0.15, 0.2) is 40.9 Å². The molecule has 1 atom stereocenters. The summed E-state index contributed by atoms with van der Waals surface area (Å²) < 4.78 is 1.19. The summed E-state index contributed by atoms with van der Waals surface area (Å²) in [5.41, 5.74) is 6.87. The van der Waals surface area contributed by atoms with E-state index in [0.29, 0.717) is 6.04 Å². The van der Waals surface area contributed by atoms with Gasteiger partial charge in [-0.05, 0) is 67.6 Å². The van der Waals surface area contributed by atoms with E-state index in [0.717, 1.165) is 13.0 Å². The van der Waals surface area contributed by atoms with E-state index in [9.17, 15) is 0 Å². The van der Waals surface area contributed by atoms with Crippen molar-refractivity contribution in [1.29, 1.82) is 0 Å². The van der Waals surface area contributed by atoms with Crippen LogP contribution in [0.25, 0.3) is 0 Å². The van der Waals surface area contributed by atoms with E-state index in [1.807, 2.05) is 0 Å². The van der Waals surface area contributed by atoms with Crippen molar-refractivity contribution in [2.24, 2.45) is 0 Å². The molecule has 0 fully saturated rings. The topological polar surface area (TPSA) is 12.0 Å². The van der Waals surface area contributed by atoms with Crippen LogP contribution in [0.4, 0.5) is 0 Å². The first-order valence-electron chi connectivity index (χ1n) is 7.57. The molecular formula is C19H24BrN. The van der Waals surface area contributed by atoms with Crippen LogP contribution in [0.1, 0.15) is 40.8 Å². The number of hydrogen-bond acceptors (Lipinski definition) is 1. The van der Waals surface area contributed by atoms with Gasteiger partial charge in [0.25, 0.3) is 0 Å². The Morgan fingerprint density at radius 3 is 2.33 bits per heavy atom. The molecule has 2 aromatic carbocycles. The molecule has 1 nitrogen and oxygen atoms in total. The van der Waals surface area contributed by atoms with Crippen molar-refractivity contribution in [2.45, 2.75) is 40.2 Å². The summed E-state index contributed by atoms with van der Waals surface area (Å²) in [4.78, 5) is 0. The van der Waals surface area contributed by atoms with Crippen LogP contribution < -0.4 is 5.32 Å². The first-order chi connectivity index (χ1) is 10.0. The zero-order valence-corrected chi connectivity index (χ0v) is 14.9. The molecule has 2 aromatic rings. The Morgan fingerprint density at radius 1 is 1.00 bits per heavy atom. The minimum absolute atomic E-state index is 0.355. The summed E-state index contributed by atoms with van der Waals surface area (Å²) in [7, 11) is 0. The fraction of sp³-hybridized carbons (Fsp3) is 0.368. The van der Waals surface area contributed by atoms with E-state index < -0.39 is 0 Å². The maximum absolute atomic E-state index is 3.67. The van der Waals surface area contributed by atoms with Crippen molar-refractivity contribution < 1.29 is 0 Å². The number of aryl methyl sites for hydroxylation is 3. The van der Waals surface area contributed by atoms with E-state index in [2.05, 4.69) is 85.3 Å². The summed E-state index contributed by atoms with van der Waals surface area (Å²) in [5, 5.41) is 3.64. The number of nitrogens with one attached hydrogen (secondary N) is 1. The Balaban J connectivity index is 2.35. The minimum atomic E-state index is 0.355. The molecule has 0 spiro atoms. The Kier molecular flexibility index (Phi) is 5.60. The van der Waals surface area contributed by atoms with Crippen molar-refractivity contribution in [3.8, 4) is 0 Å². The smallest absolute Gasteiger partial charge is 0.0363 e. The van der Waals surface area contributed by atoms with E-state index >= 15 is 0 Å². The van der Waals surface area contributed by atoms with E-state index in [1.165, 1.54) is 32.3 Å². The maximum Gasteiger partial charge on any atom is 0.0363 e. The number of rotatable bonds is 5. The largest absolute Gasteiger partial charge is 0.310 e. The number of halogens is 1. The van der Waals surface area contributed by atoms with Crippen molar-refractivity contribution >= 4 is 15.9 Å². The number of likely N-dealkylation sites (N-methyl/N-ethyl adjacent to an activating group) is 1. The lowest BCUT2D eigenvalue weighted by molar-refractivity contribution is 0.546. The standard InChI is InChI=1S/C19H24BrN/c1-5-21-19(12-16-8-6-7-9-18(16)20)17-11-14(3)13(2)10-15(17)4/h6-11,19,21H,5,12H2,1-4H3. The van der Waals surface area contributed by atoms with Crippen molar-refractivity contribution in [3.63, 3.8) is 0 Å². The highest BCUT2D eigenvalue weighted by molar-refractivity contribution is 9.10. The number of benzene rings is 2. The van der Waals surface area contributed by atoms with Gasteiger partial charge in [0.15, 0.2) is 0 Å². The molecule has 0 aliphatic heterocycles. The highest BCUT2D eigenvalue weighted by atomic mass is 79.9. The summed E-state index contributed by atoms with van der Waals surface area (Å²) in [6.45, 7) is 9.74. The van der Waals surface area contributed by atoms with Crippen LogP contribution in [0, 0.1) is 20.8 Å². The lowest BCUT2D eigenvalue weighted by Crippen LogP contribution is -2.24. The molecule has 0 amide bonds. The fourth-order valence-electron chi connectivity index (χ4n) is 2.78. The van der Waals surface area contributed by atoms with Gasteiger partial charge in [-0.15, -0.1) is 0 Å². The van der Waals surface area contributed by atoms with Gasteiger partial charge in [-0.3, -0.25) is 0 Å². The molecule has 0 radical (unpaired) electrons. The molecule has 1 unspecified atom stereocenters. The molecule has 0 bridgehead atoms. The van der Waals surface area contributed by atoms with Crippen molar-refractivity contribution in [2.75, 3.05) is 6.54 Å². The second-order valence-electron chi connectivity index (χ2n) is 5.70. The fourth-order valence-corrected chi connectivity index (χ4v) is 3.23. The lowest BCUT2D eigenvalue weighted by atomic mass is 9.92. The van der Waals surface area contributed by atoms with Crippen molar-refractivity contribution in [3.05, 3.63) is 68.7 Å². The van der Waals surface area contributed by atoms with Crippen LogP contribution in [0.3, 0.4) is 0 Å². The molecule has 0 aliphatic carbocycles. The third-order valence-corrected chi connectivity index (χ3v) is 4.86. The zero-order chi connectivity index (χ0) is 15.4.